The minimum absolute atomic E-state index is 0.0200. The predicted molar refractivity (Wildman–Crippen MR) is 99.8 cm³/mol. The summed E-state index contributed by atoms with van der Waals surface area (Å²) in [5.74, 6) is -1.21. The molecule has 0 unspecified atom stereocenters. The molecule has 0 heterocycles. The maximum atomic E-state index is 10.8. The monoisotopic (exact) mass is 334 g/mol. The summed E-state index contributed by atoms with van der Waals surface area (Å²) in [6.45, 7) is 2.26. The minimum atomic E-state index is -1.08. The van der Waals surface area contributed by atoms with Crippen molar-refractivity contribution in [3.63, 3.8) is 0 Å². The van der Waals surface area contributed by atoms with E-state index in [-0.39, 0.29) is 11.3 Å². The van der Waals surface area contributed by atoms with Crippen LogP contribution in [0.1, 0.15) is 99.9 Å². The molecule has 0 aromatic heterocycles. The molecule has 3 nitrogen and oxygen atoms in total. The Hall–Kier alpha value is -1.51. The van der Waals surface area contributed by atoms with Gasteiger partial charge in [0, 0.05) is 0 Å². The molecule has 1 aromatic carbocycles. The van der Waals surface area contributed by atoms with Crippen LogP contribution in [0.15, 0.2) is 18.2 Å². The van der Waals surface area contributed by atoms with Crippen molar-refractivity contribution < 1.29 is 15.0 Å². The topological polar surface area (TPSA) is 57.5 Å². The van der Waals surface area contributed by atoms with Gasteiger partial charge in [-0.25, -0.2) is 4.79 Å². The van der Waals surface area contributed by atoms with E-state index in [1.54, 1.807) is 6.07 Å². The Labute approximate surface area is 147 Å². The highest BCUT2D eigenvalue weighted by molar-refractivity contribution is 5.90. The van der Waals surface area contributed by atoms with Crippen molar-refractivity contribution in [3.8, 4) is 5.75 Å². The molecule has 0 fully saturated rings. The molecule has 3 heteroatoms. The molecule has 0 aliphatic rings. The van der Waals surface area contributed by atoms with E-state index in [4.69, 9.17) is 5.11 Å². The Balaban J connectivity index is 1.99. The van der Waals surface area contributed by atoms with Crippen LogP contribution in [0, 0.1) is 0 Å². The summed E-state index contributed by atoms with van der Waals surface area (Å²) in [5.41, 5.74) is 0.998. The second kappa shape index (κ2) is 12.9. The van der Waals surface area contributed by atoms with Gasteiger partial charge >= 0.3 is 5.97 Å². The van der Waals surface area contributed by atoms with Crippen LogP contribution in [0.2, 0.25) is 0 Å². The average Bonchev–Trinajstić information content (AvgIpc) is 2.55. The molecule has 0 spiro atoms. The van der Waals surface area contributed by atoms with E-state index in [1.165, 1.54) is 76.7 Å². The zero-order chi connectivity index (χ0) is 17.6. The van der Waals surface area contributed by atoms with Gasteiger partial charge in [0.2, 0.25) is 0 Å². The molecule has 0 bridgehead atoms. The standard InChI is InChI=1S/C21H34O3/c1-2-3-4-5-6-7-8-9-10-11-12-13-14-18-15-16-19(21(23)24)20(22)17-18/h15-17,22H,2-14H2,1H3,(H,23,24). The molecular formula is C21H34O3. The zero-order valence-electron chi connectivity index (χ0n) is 15.2. The van der Waals surface area contributed by atoms with E-state index in [9.17, 15) is 9.90 Å². The third kappa shape index (κ3) is 8.95. The number of carbonyl (C=O) groups is 1. The highest BCUT2D eigenvalue weighted by Crippen LogP contribution is 2.20. The fraction of sp³-hybridized carbons (Fsp3) is 0.667. The van der Waals surface area contributed by atoms with E-state index < -0.39 is 5.97 Å². The Morgan fingerprint density at radius 2 is 1.33 bits per heavy atom. The lowest BCUT2D eigenvalue weighted by molar-refractivity contribution is 0.0693. The van der Waals surface area contributed by atoms with Crippen LogP contribution < -0.4 is 0 Å². The molecule has 0 aliphatic heterocycles. The van der Waals surface area contributed by atoms with Gasteiger partial charge in [0.25, 0.3) is 0 Å². The lowest BCUT2D eigenvalue weighted by atomic mass is 10.0. The van der Waals surface area contributed by atoms with Gasteiger partial charge in [0.1, 0.15) is 11.3 Å². The van der Waals surface area contributed by atoms with Crippen LogP contribution in [-0.2, 0) is 6.42 Å². The van der Waals surface area contributed by atoms with Crippen LogP contribution in [0.3, 0.4) is 0 Å². The molecule has 136 valence electrons. The van der Waals surface area contributed by atoms with Gasteiger partial charge in [0.15, 0.2) is 0 Å². The predicted octanol–water partition coefficient (Wildman–Crippen LogP) is 6.33. The maximum absolute atomic E-state index is 10.8. The largest absolute Gasteiger partial charge is 0.507 e. The van der Waals surface area contributed by atoms with Gasteiger partial charge < -0.3 is 10.2 Å². The van der Waals surface area contributed by atoms with Crippen LogP contribution >= 0.6 is 0 Å². The smallest absolute Gasteiger partial charge is 0.339 e. The van der Waals surface area contributed by atoms with Gasteiger partial charge in [-0.15, -0.1) is 0 Å². The molecule has 24 heavy (non-hydrogen) atoms. The van der Waals surface area contributed by atoms with Gasteiger partial charge in [-0.05, 0) is 30.5 Å². The first-order valence-electron chi connectivity index (χ1n) is 9.70. The summed E-state index contributed by atoms with van der Waals surface area (Å²) in [5, 5.41) is 18.6. The number of unbranched alkanes of at least 4 members (excludes halogenated alkanes) is 11. The average molecular weight is 334 g/mol. The van der Waals surface area contributed by atoms with E-state index in [0.29, 0.717) is 0 Å². The van der Waals surface area contributed by atoms with Crippen molar-refractivity contribution in [2.24, 2.45) is 0 Å². The number of carboxylic acids is 1. The van der Waals surface area contributed by atoms with Crippen molar-refractivity contribution in [3.05, 3.63) is 29.3 Å². The third-order valence-electron chi connectivity index (χ3n) is 4.61. The first-order valence-corrected chi connectivity index (χ1v) is 9.70. The molecule has 0 amide bonds. The Kier molecular flexibility index (Phi) is 11.0. The molecule has 0 saturated carbocycles. The first-order chi connectivity index (χ1) is 11.6. The fourth-order valence-electron chi connectivity index (χ4n) is 3.08. The molecule has 0 atom stereocenters. The summed E-state index contributed by atoms with van der Waals surface area (Å²) in [7, 11) is 0. The van der Waals surface area contributed by atoms with Crippen molar-refractivity contribution in [1.29, 1.82) is 0 Å². The number of phenols is 1. The molecule has 0 saturated heterocycles. The van der Waals surface area contributed by atoms with E-state index in [0.717, 1.165) is 18.4 Å². The molecule has 0 aliphatic carbocycles. The second-order valence-electron chi connectivity index (χ2n) is 6.80. The number of aryl methyl sites for hydroxylation is 1. The third-order valence-corrected chi connectivity index (χ3v) is 4.61. The number of aromatic hydroxyl groups is 1. The summed E-state index contributed by atoms with van der Waals surface area (Å²) in [6.07, 6.45) is 16.8. The van der Waals surface area contributed by atoms with E-state index in [2.05, 4.69) is 6.92 Å². The lowest BCUT2D eigenvalue weighted by Crippen LogP contribution is -1.97. The fourth-order valence-corrected chi connectivity index (χ4v) is 3.08. The van der Waals surface area contributed by atoms with Gasteiger partial charge in [-0.1, -0.05) is 83.6 Å². The van der Waals surface area contributed by atoms with Gasteiger partial charge in [0.05, 0.1) is 0 Å². The van der Waals surface area contributed by atoms with Crippen molar-refractivity contribution in [1.82, 2.24) is 0 Å². The molecule has 1 rings (SSSR count). The first kappa shape index (κ1) is 20.5. The summed E-state index contributed by atoms with van der Waals surface area (Å²) < 4.78 is 0. The molecular weight excluding hydrogens is 300 g/mol. The summed E-state index contributed by atoms with van der Waals surface area (Å²) in [6, 6.07) is 4.89. The van der Waals surface area contributed by atoms with Crippen molar-refractivity contribution >= 4 is 5.97 Å². The highest BCUT2D eigenvalue weighted by atomic mass is 16.4. The number of hydrogen-bond acceptors (Lipinski definition) is 2. The van der Waals surface area contributed by atoms with Crippen molar-refractivity contribution in [2.45, 2.75) is 90.4 Å². The minimum Gasteiger partial charge on any atom is -0.507 e. The lowest BCUT2D eigenvalue weighted by Gasteiger charge is -2.05. The summed E-state index contributed by atoms with van der Waals surface area (Å²) in [4.78, 5) is 10.8. The van der Waals surface area contributed by atoms with Gasteiger partial charge in [-0.2, -0.15) is 0 Å². The molecule has 2 N–H and O–H groups in total. The van der Waals surface area contributed by atoms with Crippen LogP contribution in [0.4, 0.5) is 0 Å². The normalized spacial score (nSPS) is 10.9. The maximum Gasteiger partial charge on any atom is 0.339 e. The Morgan fingerprint density at radius 1 is 0.833 bits per heavy atom. The quantitative estimate of drug-likeness (QED) is 0.391. The molecule has 1 aromatic rings. The van der Waals surface area contributed by atoms with Crippen LogP contribution in [0.25, 0.3) is 0 Å². The van der Waals surface area contributed by atoms with Crippen LogP contribution in [0.5, 0.6) is 5.75 Å². The van der Waals surface area contributed by atoms with Crippen molar-refractivity contribution in [2.75, 3.05) is 0 Å². The SMILES string of the molecule is CCCCCCCCCCCCCCc1ccc(C(=O)O)c(O)c1. The van der Waals surface area contributed by atoms with Gasteiger partial charge in [-0.3, -0.25) is 0 Å². The zero-order valence-corrected chi connectivity index (χ0v) is 15.2. The number of aromatic carboxylic acids is 1. The highest BCUT2D eigenvalue weighted by Gasteiger charge is 2.09. The second-order valence-corrected chi connectivity index (χ2v) is 6.80. The number of hydrogen-bond donors (Lipinski definition) is 2. The Bertz CT molecular complexity index is 468. The molecule has 0 radical (unpaired) electrons. The Morgan fingerprint density at radius 3 is 1.79 bits per heavy atom. The summed E-state index contributed by atoms with van der Waals surface area (Å²) >= 11 is 0. The van der Waals surface area contributed by atoms with E-state index >= 15 is 0 Å². The van der Waals surface area contributed by atoms with E-state index in [1.807, 2.05) is 6.07 Å². The number of benzene rings is 1. The van der Waals surface area contributed by atoms with Crippen LogP contribution in [-0.4, -0.2) is 16.2 Å². The number of carboxylic acid groups (broad SMARTS) is 1. The number of rotatable bonds is 14.